The highest BCUT2D eigenvalue weighted by molar-refractivity contribution is 6.30. The summed E-state index contributed by atoms with van der Waals surface area (Å²) in [6.45, 7) is 5.85. The summed E-state index contributed by atoms with van der Waals surface area (Å²) in [5, 5.41) is 9.74. The molecule has 1 aromatic heterocycles. The Hall–Kier alpha value is -2.28. The minimum absolute atomic E-state index is 0.0398. The first-order valence-electron chi connectivity index (χ1n) is 8.13. The fourth-order valence-corrected chi connectivity index (χ4v) is 2.40. The third-order valence-corrected chi connectivity index (χ3v) is 3.99. The molecule has 0 atom stereocenters. The number of carboxylic acids is 1. The maximum absolute atomic E-state index is 13.5. The Labute approximate surface area is 159 Å². The number of nitrogens with zero attached hydrogens (tertiary/aromatic N) is 1. The zero-order valence-corrected chi connectivity index (χ0v) is 15.8. The highest BCUT2D eigenvalue weighted by atomic mass is 35.5. The molecule has 0 radical (unpaired) electrons. The number of aromatic nitrogens is 1. The van der Waals surface area contributed by atoms with Crippen molar-refractivity contribution in [1.29, 1.82) is 0 Å². The van der Waals surface area contributed by atoms with Crippen molar-refractivity contribution in [2.75, 3.05) is 6.61 Å². The molecule has 0 saturated carbocycles. The number of halogens is 4. The van der Waals surface area contributed by atoms with Crippen LogP contribution in [0.15, 0.2) is 30.3 Å². The van der Waals surface area contributed by atoms with Crippen LogP contribution in [0.25, 0.3) is 11.3 Å². The molecule has 27 heavy (non-hydrogen) atoms. The van der Waals surface area contributed by atoms with E-state index in [-0.39, 0.29) is 17.7 Å². The van der Waals surface area contributed by atoms with E-state index in [0.717, 1.165) is 0 Å². The van der Waals surface area contributed by atoms with Crippen molar-refractivity contribution in [2.45, 2.75) is 33.4 Å². The predicted octanol–water partition coefficient (Wildman–Crippen LogP) is 5.93. The highest BCUT2D eigenvalue weighted by Crippen LogP contribution is 2.38. The fourth-order valence-electron chi connectivity index (χ4n) is 2.28. The zero-order valence-electron chi connectivity index (χ0n) is 15.0. The number of carboxylic acid groups (broad SMARTS) is 1. The van der Waals surface area contributed by atoms with Gasteiger partial charge in [-0.1, -0.05) is 44.5 Å². The summed E-state index contributed by atoms with van der Waals surface area (Å²) < 4.78 is 45.9. The molecule has 2 rings (SSSR count). The van der Waals surface area contributed by atoms with Crippen molar-refractivity contribution < 1.29 is 27.8 Å². The molecule has 2 aromatic rings. The quantitative estimate of drug-likeness (QED) is 0.674. The van der Waals surface area contributed by atoms with Gasteiger partial charge in [-0.25, -0.2) is 9.78 Å². The van der Waals surface area contributed by atoms with Gasteiger partial charge in [0.2, 0.25) is 5.88 Å². The van der Waals surface area contributed by atoms with Crippen molar-refractivity contribution in [3.63, 3.8) is 0 Å². The van der Waals surface area contributed by atoms with E-state index in [2.05, 4.69) is 4.98 Å². The molecular weight excluding hydrogens is 383 g/mol. The third kappa shape index (κ3) is 5.60. The average molecular weight is 402 g/mol. The lowest BCUT2D eigenvalue weighted by molar-refractivity contribution is -0.138. The predicted molar refractivity (Wildman–Crippen MR) is 96.2 cm³/mol. The molecule has 0 aliphatic carbocycles. The van der Waals surface area contributed by atoms with Crippen LogP contribution in [-0.2, 0) is 6.18 Å². The van der Waals surface area contributed by atoms with E-state index in [1.54, 1.807) is 0 Å². The van der Waals surface area contributed by atoms with Crippen molar-refractivity contribution >= 4 is 17.6 Å². The molecule has 0 bridgehead atoms. The van der Waals surface area contributed by atoms with Crippen molar-refractivity contribution in [1.82, 2.24) is 4.98 Å². The van der Waals surface area contributed by atoms with Gasteiger partial charge in [0, 0.05) is 10.6 Å². The Morgan fingerprint density at radius 2 is 1.78 bits per heavy atom. The number of aromatic carboxylic acids is 1. The van der Waals surface area contributed by atoms with Gasteiger partial charge in [0.25, 0.3) is 0 Å². The molecule has 0 unspecified atom stereocenters. The summed E-state index contributed by atoms with van der Waals surface area (Å²) in [6.07, 6.45) is -4.36. The van der Waals surface area contributed by atoms with Gasteiger partial charge in [-0.2, -0.15) is 13.2 Å². The second kappa shape index (κ2) is 7.76. The summed E-state index contributed by atoms with van der Waals surface area (Å²) in [5.41, 5.74) is -2.11. The van der Waals surface area contributed by atoms with Crippen LogP contribution in [0.1, 0.15) is 43.1 Å². The Morgan fingerprint density at radius 3 is 2.26 bits per heavy atom. The average Bonchev–Trinajstić information content (AvgIpc) is 2.52. The summed E-state index contributed by atoms with van der Waals surface area (Å²) in [4.78, 5) is 15.5. The van der Waals surface area contributed by atoms with E-state index < -0.39 is 29.2 Å². The van der Waals surface area contributed by atoms with Gasteiger partial charge < -0.3 is 9.84 Å². The molecule has 0 aliphatic heterocycles. The van der Waals surface area contributed by atoms with E-state index in [0.29, 0.717) is 23.1 Å². The standard InChI is InChI=1S/C19H19ClF3NO3/c1-18(2,3)8-9-27-16-15(17(25)26)13(19(21,22)23)10-14(24-16)11-4-6-12(20)7-5-11/h4-7,10H,8-9H2,1-3H3,(H,25,26). The molecule has 8 heteroatoms. The first-order valence-corrected chi connectivity index (χ1v) is 8.50. The lowest BCUT2D eigenvalue weighted by Gasteiger charge is -2.20. The summed E-state index contributed by atoms with van der Waals surface area (Å²) >= 11 is 5.81. The number of rotatable bonds is 5. The normalized spacial score (nSPS) is 12.1. The summed E-state index contributed by atoms with van der Waals surface area (Å²) in [6, 6.07) is 6.74. The monoisotopic (exact) mass is 401 g/mol. The van der Waals surface area contributed by atoms with Crippen molar-refractivity contribution in [2.24, 2.45) is 5.41 Å². The minimum atomic E-state index is -4.88. The largest absolute Gasteiger partial charge is 0.477 e. The maximum Gasteiger partial charge on any atom is 0.417 e. The number of ether oxygens (including phenoxy) is 1. The van der Waals surface area contributed by atoms with E-state index in [9.17, 15) is 23.1 Å². The molecule has 0 aliphatic rings. The molecule has 1 aromatic carbocycles. The van der Waals surface area contributed by atoms with Crippen molar-refractivity contribution in [3.8, 4) is 17.1 Å². The Kier molecular flexibility index (Phi) is 6.04. The van der Waals surface area contributed by atoms with Gasteiger partial charge in [-0.05, 0) is 30.0 Å². The highest BCUT2D eigenvalue weighted by Gasteiger charge is 2.39. The topological polar surface area (TPSA) is 59.4 Å². The molecule has 4 nitrogen and oxygen atoms in total. The SMILES string of the molecule is CC(C)(C)CCOc1nc(-c2ccc(Cl)cc2)cc(C(F)(F)F)c1C(=O)O. The number of alkyl halides is 3. The van der Waals surface area contributed by atoms with Gasteiger partial charge in [0.05, 0.1) is 17.9 Å². The van der Waals surface area contributed by atoms with Gasteiger partial charge in [0.15, 0.2) is 0 Å². The molecular formula is C19H19ClF3NO3. The summed E-state index contributed by atoms with van der Waals surface area (Å²) in [7, 11) is 0. The van der Waals surface area contributed by atoms with Crippen molar-refractivity contribution in [3.05, 3.63) is 46.5 Å². The number of hydrogen-bond donors (Lipinski definition) is 1. The van der Waals surface area contributed by atoms with Crippen LogP contribution in [0, 0.1) is 5.41 Å². The molecule has 0 spiro atoms. The molecule has 0 saturated heterocycles. The van der Waals surface area contributed by atoms with E-state index in [1.165, 1.54) is 24.3 Å². The second-order valence-electron chi connectivity index (χ2n) is 7.20. The maximum atomic E-state index is 13.5. The number of carbonyl (C=O) groups is 1. The fraction of sp³-hybridized carbons (Fsp3) is 0.368. The first kappa shape index (κ1) is 21.0. The van der Waals surface area contributed by atoms with Crippen LogP contribution in [0.2, 0.25) is 5.02 Å². The van der Waals surface area contributed by atoms with Crippen LogP contribution in [-0.4, -0.2) is 22.7 Å². The van der Waals surface area contributed by atoms with Crippen LogP contribution in [0.3, 0.4) is 0 Å². The Morgan fingerprint density at radius 1 is 1.19 bits per heavy atom. The second-order valence-corrected chi connectivity index (χ2v) is 7.64. The molecule has 1 N–H and O–H groups in total. The lowest BCUT2D eigenvalue weighted by atomic mass is 9.93. The van der Waals surface area contributed by atoms with Crippen LogP contribution < -0.4 is 4.74 Å². The Balaban J connectivity index is 2.58. The van der Waals surface area contributed by atoms with Crippen LogP contribution >= 0.6 is 11.6 Å². The number of benzene rings is 1. The smallest absolute Gasteiger partial charge is 0.417 e. The molecule has 1 heterocycles. The van der Waals surface area contributed by atoms with Crippen LogP contribution in [0.4, 0.5) is 13.2 Å². The zero-order chi connectivity index (χ0) is 20.4. The van der Waals surface area contributed by atoms with Gasteiger partial charge in [0.1, 0.15) is 5.56 Å². The van der Waals surface area contributed by atoms with Gasteiger partial charge >= 0.3 is 12.1 Å². The van der Waals surface area contributed by atoms with Gasteiger partial charge in [-0.3, -0.25) is 0 Å². The summed E-state index contributed by atoms with van der Waals surface area (Å²) in [5.74, 6) is -2.30. The third-order valence-electron chi connectivity index (χ3n) is 3.74. The van der Waals surface area contributed by atoms with Crippen LogP contribution in [0.5, 0.6) is 5.88 Å². The van der Waals surface area contributed by atoms with Gasteiger partial charge in [-0.15, -0.1) is 0 Å². The first-order chi connectivity index (χ1) is 12.4. The van der Waals surface area contributed by atoms with E-state index >= 15 is 0 Å². The van der Waals surface area contributed by atoms with E-state index in [4.69, 9.17) is 16.3 Å². The lowest BCUT2D eigenvalue weighted by Crippen LogP contribution is -2.18. The molecule has 0 amide bonds. The molecule has 0 fully saturated rings. The Bertz CT molecular complexity index is 828. The van der Waals surface area contributed by atoms with E-state index in [1.807, 2.05) is 20.8 Å². The minimum Gasteiger partial charge on any atom is -0.477 e. The molecule has 146 valence electrons. The number of hydrogen-bond acceptors (Lipinski definition) is 3. The number of pyridine rings is 1.